The lowest BCUT2D eigenvalue weighted by Crippen LogP contribution is -2.06. The Morgan fingerprint density at radius 3 is 2.20 bits per heavy atom. The van der Waals surface area contributed by atoms with Gasteiger partial charge in [0.25, 0.3) is 0 Å². The molecule has 0 spiro atoms. The van der Waals surface area contributed by atoms with Crippen LogP contribution in [0.15, 0.2) is 46.9 Å². The molecule has 0 saturated heterocycles. The van der Waals surface area contributed by atoms with Crippen LogP contribution < -0.4 is 10.6 Å². The normalized spacial score (nSPS) is 12.1. The van der Waals surface area contributed by atoms with E-state index < -0.39 is 0 Å². The Morgan fingerprint density at radius 2 is 1.40 bits per heavy atom. The third-order valence-corrected chi connectivity index (χ3v) is 3.13. The molecule has 0 bridgehead atoms. The fourth-order valence-electron chi connectivity index (χ4n) is 1.74. The van der Waals surface area contributed by atoms with Gasteiger partial charge in [-0.1, -0.05) is 18.2 Å². The molecular formula is C12H9BrN2. The molecule has 3 heteroatoms. The zero-order valence-corrected chi connectivity index (χ0v) is 9.51. The van der Waals surface area contributed by atoms with Gasteiger partial charge in [0.1, 0.15) is 0 Å². The fraction of sp³-hybridized carbons (Fsp3) is 0. The van der Waals surface area contributed by atoms with E-state index in [1.54, 1.807) is 0 Å². The van der Waals surface area contributed by atoms with Crippen molar-refractivity contribution in [2.24, 2.45) is 0 Å². The quantitative estimate of drug-likeness (QED) is 0.632. The molecule has 2 nitrogen and oxygen atoms in total. The first-order chi connectivity index (χ1) is 7.34. The van der Waals surface area contributed by atoms with E-state index in [-0.39, 0.29) is 0 Å². The smallest absolute Gasteiger partial charge is 0.0768 e. The number of halogens is 1. The maximum Gasteiger partial charge on any atom is 0.0768 e. The minimum atomic E-state index is 1.07. The van der Waals surface area contributed by atoms with Crippen molar-refractivity contribution < 1.29 is 0 Å². The van der Waals surface area contributed by atoms with Gasteiger partial charge in [0.05, 0.1) is 22.7 Å². The summed E-state index contributed by atoms with van der Waals surface area (Å²) in [6.07, 6.45) is 0. The van der Waals surface area contributed by atoms with Crippen molar-refractivity contribution >= 4 is 38.7 Å². The molecule has 2 aromatic carbocycles. The molecule has 1 aliphatic rings. The molecule has 74 valence electrons. The van der Waals surface area contributed by atoms with E-state index in [1.807, 2.05) is 24.3 Å². The van der Waals surface area contributed by atoms with Crippen molar-refractivity contribution in [3.63, 3.8) is 0 Å². The largest absolute Gasteiger partial charge is 0.352 e. The topological polar surface area (TPSA) is 24.1 Å². The highest BCUT2D eigenvalue weighted by Gasteiger charge is 2.14. The van der Waals surface area contributed by atoms with Crippen molar-refractivity contribution in [2.75, 3.05) is 10.6 Å². The Hall–Kier alpha value is -1.48. The van der Waals surface area contributed by atoms with Crippen LogP contribution in [0.2, 0.25) is 0 Å². The summed E-state index contributed by atoms with van der Waals surface area (Å²) in [6.45, 7) is 0. The molecule has 1 heterocycles. The molecule has 2 N–H and O–H groups in total. The summed E-state index contributed by atoms with van der Waals surface area (Å²) in [7, 11) is 0. The monoisotopic (exact) mass is 260 g/mol. The first-order valence-electron chi connectivity index (χ1n) is 4.76. The predicted octanol–water partition coefficient (Wildman–Crippen LogP) is 4.25. The predicted molar refractivity (Wildman–Crippen MR) is 67.1 cm³/mol. The molecule has 0 fully saturated rings. The highest BCUT2D eigenvalue weighted by Crippen LogP contribution is 2.41. The van der Waals surface area contributed by atoms with Crippen molar-refractivity contribution in [1.82, 2.24) is 0 Å². The summed E-state index contributed by atoms with van der Waals surface area (Å²) in [5.41, 5.74) is 4.42. The first kappa shape index (κ1) is 8.80. The van der Waals surface area contributed by atoms with E-state index in [1.165, 1.54) is 0 Å². The van der Waals surface area contributed by atoms with Crippen LogP contribution >= 0.6 is 15.9 Å². The number of hydrogen-bond donors (Lipinski definition) is 2. The van der Waals surface area contributed by atoms with Crippen LogP contribution in [-0.4, -0.2) is 0 Å². The van der Waals surface area contributed by atoms with Crippen LogP contribution in [-0.2, 0) is 0 Å². The van der Waals surface area contributed by atoms with Gasteiger partial charge >= 0.3 is 0 Å². The van der Waals surface area contributed by atoms with Crippen LogP contribution in [0.1, 0.15) is 0 Å². The molecule has 0 atom stereocenters. The fourth-order valence-corrected chi connectivity index (χ4v) is 2.20. The van der Waals surface area contributed by atoms with E-state index in [0.717, 1.165) is 27.2 Å². The Kier molecular flexibility index (Phi) is 1.92. The van der Waals surface area contributed by atoms with E-state index in [9.17, 15) is 0 Å². The summed E-state index contributed by atoms with van der Waals surface area (Å²) in [5.74, 6) is 0. The van der Waals surface area contributed by atoms with E-state index in [0.29, 0.717) is 0 Å². The molecule has 0 aliphatic carbocycles. The van der Waals surface area contributed by atoms with Crippen LogP contribution in [0.5, 0.6) is 0 Å². The molecule has 0 aromatic heterocycles. The van der Waals surface area contributed by atoms with Crippen LogP contribution in [0.3, 0.4) is 0 Å². The minimum absolute atomic E-state index is 1.07. The molecule has 0 saturated carbocycles. The van der Waals surface area contributed by atoms with Crippen LogP contribution in [0, 0.1) is 0 Å². The number of hydrogen-bond acceptors (Lipinski definition) is 2. The summed E-state index contributed by atoms with van der Waals surface area (Å²) < 4.78 is 1.07. The van der Waals surface area contributed by atoms with Gasteiger partial charge in [0, 0.05) is 4.47 Å². The second-order valence-electron chi connectivity index (χ2n) is 3.46. The Morgan fingerprint density at radius 1 is 0.733 bits per heavy atom. The van der Waals surface area contributed by atoms with Crippen molar-refractivity contribution in [2.45, 2.75) is 0 Å². The lowest BCUT2D eigenvalue weighted by atomic mass is 10.1. The van der Waals surface area contributed by atoms with Crippen LogP contribution in [0.25, 0.3) is 0 Å². The third-order valence-electron chi connectivity index (χ3n) is 2.47. The standard InChI is InChI=1S/C12H9BrN2/c13-8-4-3-7-11-12(8)15-10-6-2-1-5-9(10)14-11/h1-7,14-15H. The van der Waals surface area contributed by atoms with Gasteiger partial charge < -0.3 is 10.6 Å². The molecule has 0 unspecified atom stereocenters. The number of nitrogens with one attached hydrogen (secondary N) is 2. The summed E-state index contributed by atoms with van der Waals surface area (Å²) in [6, 6.07) is 14.3. The summed E-state index contributed by atoms with van der Waals surface area (Å²) in [5, 5.41) is 6.79. The average molecular weight is 261 g/mol. The molecule has 1 aliphatic heterocycles. The lowest BCUT2D eigenvalue weighted by Gasteiger charge is -2.23. The van der Waals surface area contributed by atoms with Gasteiger partial charge in [-0.3, -0.25) is 0 Å². The van der Waals surface area contributed by atoms with Crippen molar-refractivity contribution in [3.05, 3.63) is 46.9 Å². The number of anilines is 4. The highest BCUT2D eigenvalue weighted by molar-refractivity contribution is 9.10. The molecular weight excluding hydrogens is 252 g/mol. The number of para-hydroxylation sites is 3. The Labute approximate surface area is 96.4 Å². The molecule has 0 radical (unpaired) electrons. The zero-order valence-electron chi connectivity index (χ0n) is 7.92. The second-order valence-corrected chi connectivity index (χ2v) is 4.31. The summed E-state index contributed by atoms with van der Waals surface area (Å²) >= 11 is 3.53. The molecule has 3 rings (SSSR count). The van der Waals surface area contributed by atoms with E-state index in [4.69, 9.17) is 0 Å². The van der Waals surface area contributed by atoms with Gasteiger partial charge in [0.15, 0.2) is 0 Å². The minimum Gasteiger partial charge on any atom is -0.352 e. The van der Waals surface area contributed by atoms with Gasteiger partial charge in [-0.2, -0.15) is 0 Å². The number of benzene rings is 2. The molecule has 0 amide bonds. The highest BCUT2D eigenvalue weighted by atomic mass is 79.9. The number of fused-ring (bicyclic) bond motifs is 2. The van der Waals surface area contributed by atoms with Crippen LogP contribution in [0.4, 0.5) is 22.7 Å². The van der Waals surface area contributed by atoms with E-state index in [2.05, 4.69) is 44.8 Å². The van der Waals surface area contributed by atoms with Gasteiger partial charge in [-0.15, -0.1) is 0 Å². The Bertz CT molecular complexity index is 523. The molecule has 2 aromatic rings. The lowest BCUT2D eigenvalue weighted by molar-refractivity contribution is 1.43. The molecule has 15 heavy (non-hydrogen) atoms. The van der Waals surface area contributed by atoms with Crippen molar-refractivity contribution in [3.8, 4) is 0 Å². The SMILES string of the molecule is Brc1cccc2c1Nc1ccccc1N2. The summed E-state index contributed by atoms with van der Waals surface area (Å²) in [4.78, 5) is 0. The van der Waals surface area contributed by atoms with E-state index >= 15 is 0 Å². The average Bonchev–Trinajstić information content (AvgIpc) is 2.27. The maximum atomic E-state index is 3.53. The third kappa shape index (κ3) is 1.39. The first-order valence-corrected chi connectivity index (χ1v) is 5.55. The zero-order chi connectivity index (χ0) is 10.3. The van der Waals surface area contributed by atoms with Gasteiger partial charge in [-0.25, -0.2) is 0 Å². The van der Waals surface area contributed by atoms with Gasteiger partial charge in [-0.05, 0) is 40.2 Å². The second kappa shape index (κ2) is 3.28. The van der Waals surface area contributed by atoms with Crippen molar-refractivity contribution in [1.29, 1.82) is 0 Å². The maximum absolute atomic E-state index is 3.53. The number of rotatable bonds is 0. The Balaban J connectivity index is 2.15. The van der Waals surface area contributed by atoms with Gasteiger partial charge in [0.2, 0.25) is 0 Å².